The Hall–Kier alpha value is -1.87. The lowest BCUT2D eigenvalue weighted by atomic mass is 9.99. The summed E-state index contributed by atoms with van der Waals surface area (Å²) in [5.41, 5.74) is 5.86. The maximum Gasteiger partial charge on any atom is 0.178 e. The number of fused-ring (bicyclic) bond motifs is 1. The van der Waals surface area contributed by atoms with Crippen molar-refractivity contribution in [2.45, 2.75) is 26.8 Å². The Morgan fingerprint density at radius 3 is 2.57 bits per heavy atom. The molecule has 0 amide bonds. The van der Waals surface area contributed by atoms with Crippen LogP contribution in [-0.2, 0) is 20.0 Å². The van der Waals surface area contributed by atoms with Crippen molar-refractivity contribution in [3.8, 4) is 0 Å². The minimum Gasteiger partial charge on any atom is -0.351 e. The summed E-state index contributed by atoms with van der Waals surface area (Å²) in [7, 11) is 2.01. The summed E-state index contributed by atoms with van der Waals surface area (Å²) in [4.78, 5) is 14.8. The molecule has 0 saturated heterocycles. The number of Topliss-reactive ketones (excluding diaryl/α,β-unsaturated/α-hetero) is 1. The molecule has 0 fully saturated rings. The Bertz CT molecular complexity index is 685. The van der Waals surface area contributed by atoms with Crippen LogP contribution in [0.3, 0.4) is 0 Å². The van der Waals surface area contributed by atoms with E-state index in [1.165, 1.54) is 11.1 Å². The lowest BCUT2D eigenvalue weighted by Gasteiger charge is -2.28. The summed E-state index contributed by atoms with van der Waals surface area (Å²) >= 11 is 0. The lowest BCUT2D eigenvalue weighted by Crippen LogP contribution is -2.35. The van der Waals surface area contributed by atoms with Crippen molar-refractivity contribution in [3.05, 3.63) is 58.4 Å². The van der Waals surface area contributed by atoms with Crippen molar-refractivity contribution in [1.82, 2.24) is 9.47 Å². The topological polar surface area (TPSA) is 25.2 Å². The molecular weight excluding hydrogens is 260 g/mol. The van der Waals surface area contributed by atoms with Gasteiger partial charge in [-0.3, -0.25) is 9.69 Å². The van der Waals surface area contributed by atoms with E-state index >= 15 is 0 Å². The molecular formula is C18H22N2O. The van der Waals surface area contributed by atoms with Crippen LogP contribution < -0.4 is 0 Å². The number of carbonyl (C=O) groups excluding carboxylic acids is 1. The molecule has 0 bridgehead atoms. The maximum absolute atomic E-state index is 12.6. The van der Waals surface area contributed by atoms with Gasteiger partial charge in [0.15, 0.2) is 5.78 Å². The predicted molar refractivity (Wildman–Crippen MR) is 84.6 cm³/mol. The Morgan fingerprint density at radius 1 is 1.19 bits per heavy atom. The molecule has 0 radical (unpaired) electrons. The number of hydrogen-bond donors (Lipinski definition) is 0. The third kappa shape index (κ3) is 2.66. The summed E-state index contributed by atoms with van der Waals surface area (Å²) < 4.78 is 2.08. The normalized spacial score (nSPS) is 15.0. The fraction of sp³-hybridized carbons (Fsp3) is 0.389. The van der Waals surface area contributed by atoms with Crippen molar-refractivity contribution in [1.29, 1.82) is 0 Å². The zero-order chi connectivity index (χ0) is 15.0. The fourth-order valence-electron chi connectivity index (χ4n) is 3.12. The van der Waals surface area contributed by atoms with Crippen molar-refractivity contribution in [2.24, 2.45) is 7.05 Å². The number of nitrogens with zero attached hydrogens (tertiary/aromatic N) is 2. The second-order valence-electron chi connectivity index (χ2n) is 6.00. The molecule has 1 aliphatic heterocycles. The third-order valence-electron chi connectivity index (χ3n) is 4.65. The number of carbonyl (C=O) groups is 1. The average Bonchev–Trinajstić information content (AvgIpc) is 2.75. The highest BCUT2D eigenvalue weighted by atomic mass is 16.1. The van der Waals surface area contributed by atoms with E-state index in [-0.39, 0.29) is 5.78 Å². The molecule has 0 atom stereocenters. The van der Waals surface area contributed by atoms with Crippen LogP contribution in [0.1, 0.15) is 32.9 Å². The maximum atomic E-state index is 12.6. The van der Waals surface area contributed by atoms with Crippen LogP contribution in [-0.4, -0.2) is 28.3 Å². The largest absolute Gasteiger partial charge is 0.351 e. The van der Waals surface area contributed by atoms with Gasteiger partial charge in [0, 0.05) is 37.1 Å². The van der Waals surface area contributed by atoms with Crippen LogP contribution in [0.25, 0.3) is 0 Å². The highest BCUT2D eigenvalue weighted by molar-refractivity contribution is 5.99. The van der Waals surface area contributed by atoms with Gasteiger partial charge in [-0.25, -0.2) is 0 Å². The molecule has 0 unspecified atom stereocenters. The van der Waals surface area contributed by atoms with E-state index in [0.717, 1.165) is 36.5 Å². The zero-order valence-corrected chi connectivity index (χ0v) is 13.0. The van der Waals surface area contributed by atoms with Crippen LogP contribution in [0, 0.1) is 13.8 Å². The van der Waals surface area contributed by atoms with Gasteiger partial charge >= 0.3 is 0 Å². The van der Waals surface area contributed by atoms with Crippen molar-refractivity contribution >= 4 is 5.78 Å². The Labute approximate surface area is 126 Å². The molecule has 3 heteroatoms. The molecule has 0 N–H and O–H groups in total. The van der Waals surface area contributed by atoms with Crippen molar-refractivity contribution in [2.75, 3.05) is 13.1 Å². The quantitative estimate of drug-likeness (QED) is 0.809. The molecule has 0 saturated carbocycles. The van der Waals surface area contributed by atoms with Gasteiger partial charge in [0.1, 0.15) is 0 Å². The summed E-state index contributed by atoms with van der Waals surface area (Å²) in [6.45, 7) is 6.42. The number of aromatic nitrogens is 1. The number of benzene rings is 1. The highest BCUT2D eigenvalue weighted by Gasteiger charge is 2.20. The molecule has 2 heterocycles. The zero-order valence-electron chi connectivity index (χ0n) is 13.0. The molecule has 1 aromatic carbocycles. The summed E-state index contributed by atoms with van der Waals surface area (Å²) in [6, 6.07) is 10.5. The molecule has 3 nitrogen and oxygen atoms in total. The monoisotopic (exact) mass is 282 g/mol. The minimum atomic E-state index is 0.232. The molecule has 0 aliphatic carbocycles. The summed E-state index contributed by atoms with van der Waals surface area (Å²) in [5.74, 6) is 0.232. The van der Waals surface area contributed by atoms with Crippen molar-refractivity contribution in [3.63, 3.8) is 0 Å². The third-order valence-corrected chi connectivity index (χ3v) is 4.65. The number of ketones is 1. The Kier molecular flexibility index (Phi) is 3.68. The van der Waals surface area contributed by atoms with Crippen LogP contribution in [0.5, 0.6) is 0 Å². The van der Waals surface area contributed by atoms with Crippen LogP contribution >= 0.6 is 0 Å². The predicted octanol–water partition coefficient (Wildman–Crippen LogP) is 2.88. The summed E-state index contributed by atoms with van der Waals surface area (Å²) in [5, 5.41) is 0. The second-order valence-corrected chi connectivity index (χ2v) is 6.00. The molecule has 3 rings (SSSR count). The average molecular weight is 282 g/mol. The standard InChI is InChI=1S/C18H22N2O/c1-13-10-17(14(2)19(13)3)18(21)12-20-9-8-15-6-4-5-7-16(15)11-20/h4-7,10H,8-9,11-12H2,1-3H3. The Balaban J connectivity index is 1.73. The van der Waals surface area contributed by atoms with E-state index in [9.17, 15) is 4.79 Å². The molecule has 1 aromatic heterocycles. The van der Waals surface area contributed by atoms with Gasteiger partial charge in [-0.2, -0.15) is 0 Å². The van der Waals surface area contributed by atoms with E-state index in [4.69, 9.17) is 0 Å². The number of rotatable bonds is 3. The first-order chi connectivity index (χ1) is 10.1. The van der Waals surface area contributed by atoms with Crippen LogP contribution in [0.2, 0.25) is 0 Å². The van der Waals surface area contributed by atoms with E-state index in [0.29, 0.717) is 6.54 Å². The van der Waals surface area contributed by atoms with Gasteiger partial charge < -0.3 is 4.57 Å². The van der Waals surface area contributed by atoms with Gasteiger partial charge in [0.05, 0.1) is 6.54 Å². The molecule has 0 spiro atoms. The smallest absolute Gasteiger partial charge is 0.178 e. The van der Waals surface area contributed by atoms with Gasteiger partial charge in [-0.1, -0.05) is 24.3 Å². The highest BCUT2D eigenvalue weighted by Crippen LogP contribution is 2.20. The second kappa shape index (κ2) is 5.49. The first-order valence-electron chi connectivity index (χ1n) is 7.51. The van der Waals surface area contributed by atoms with E-state index in [1.807, 2.05) is 27.0 Å². The lowest BCUT2D eigenvalue weighted by molar-refractivity contribution is 0.0921. The first-order valence-corrected chi connectivity index (χ1v) is 7.51. The van der Waals surface area contributed by atoms with Gasteiger partial charge in [-0.05, 0) is 37.5 Å². The van der Waals surface area contributed by atoms with E-state index in [2.05, 4.69) is 33.7 Å². The van der Waals surface area contributed by atoms with Gasteiger partial charge in [0.25, 0.3) is 0 Å². The van der Waals surface area contributed by atoms with Crippen molar-refractivity contribution < 1.29 is 4.79 Å². The van der Waals surface area contributed by atoms with Crippen LogP contribution in [0.4, 0.5) is 0 Å². The molecule has 110 valence electrons. The van der Waals surface area contributed by atoms with Gasteiger partial charge in [0.2, 0.25) is 0 Å². The first kappa shape index (κ1) is 14.1. The summed E-state index contributed by atoms with van der Waals surface area (Å²) in [6.07, 6.45) is 1.04. The van der Waals surface area contributed by atoms with E-state index < -0.39 is 0 Å². The van der Waals surface area contributed by atoms with Crippen LogP contribution in [0.15, 0.2) is 30.3 Å². The number of aryl methyl sites for hydroxylation is 1. The Morgan fingerprint density at radius 2 is 1.90 bits per heavy atom. The molecule has 21 heavy (non-hydrogen) atoms. The van der Waals surface area contributed by atoms with E-state index in [1.54, 1.807) is 0 Å². The molecule has 2 aromatic rings. The van der Waals surface area contributed by atoms with Gasteiger partial charge in [-0.15, -0.1) is 0 Å². The molecule has 1 aliphatic rings. The number of hydrogen-bond acceptors (Lipinski definition) is 2. The SMILES string of the molecule is Cc1cc(C(=O)CN2CCc3ccccc3C2)c(C)n1C. The fourth-order valence-corrected chi connectivity index (χ4v) is 3.12. The minimum absolute atomic E-state index is 0.232.